The molecule has 0 unspecified atom stereocenters. The number of ether oxygens (including phenoxy) is 1. The smallest absolute Gasteiger partial charge is 0.504 e. The van der Waals surface area contributed by atoms with Crippen molar-refractivity contribution in [2.45, 2.75) is 0 Å². The fourth-order valence-corrected chi connectivity index (χ4v) is 0.738. The van der Waals surface area contributed by atoms with Crippen LogP contribution in [0.5, 0.6) is 23.0 Å². The number of phenols is 3. The van der Waals surface area contributed by atoms with E-state index in [9.17, 15) is 4.79 Å². The van der Waals surface area contributed by atoms with Crippen molar-refractivity contribution >= 4 is 6.16 Å². The van der Waals surface area contributed by atoms with Crippen molar-refractivity contribution in [1.29, 1.82) is 0 Å². The van der Waals surface area contributed by atoms with E-state index in [2.05, 4.69) is 4.74 Å². The van der Waals surface area contributed by atoms with E-state index in [0.29, 0.717) is 0 Å². The number of hydrogen-bond donors (Lipinski definition) is 4. The molecule has 0 spiro atoms. The summed E-state index contributed by atoms with van der Waals surface area (Å²) < 4.78 is 4.01. The summed E-state index contributed by atoms with van der Waals surface area (Å²) in [5, 5.41) is 35.1. The zero-order valence-electron chi connectivity index (χ0n) is 6.26. The number of aromatic hydroxyl groups is 3. The minimum absolute atomic E-state index is 0.572. The lowest BCUT2D eigenvalue weighted by molar-refractivity contribution is 0.141. The molecule has 6 nitrogen and oxygen atoms in total. The Morgan fingerprint density at radius 3 is 2.23 bits per heavy atom. The molecule has 1 aromatic carbocycles. The van der Waals surface area contributed by atoms with Gasteiger partial charge in [-0.05, 0) is 12.1 Å². The Balaban J connectivity index is 3.17. The highest BCUT2D eigenvalue weighted by Gasteiger charge is 2.15. The Morgan fingerprint density at radius 1 is 1.15 bits per heavy atom. The lowest BCUT2D eigenvalue weighted by Crippen LogP contribution is -2.03. The summed E-state index contributed by atoms with van der Waals surface area (Å²) in [4.78, 5) is 10.1. The zero-order chi connectivity index (χ0) is 10.0. The molecule has 0 saturated heterocycles. The summed E-state index contributed by atoms with van der Waals surface area (Å²) in [6.07, 6.45) is -1.70. The van der Waals surface area contributed by atoms with Gasteiger partial charge in [0.1, 0.15) is 0 Å². The first kappa shape index (κ1) is 8.98. The van der Waals surface area contributed by atoms with E-state index in [1.54, 1.807) is 0 Å². The van der Waals surface area contributed by atoms with Crippen molar-refractivity contribution in [3.05, 3.63) is 12.1 Å². The number of carboxylic acid groups (broad SMARTS) is 1. The monoisotopic (exact) mass is 186 g/mol. The molecule has 13 heavy (non-hydrogen) atoms. The molecule has 6 heteroatoms. The van der Waals surface area contributed by atoms with Crippen LogP contribution in [-0.4, -0.2) is 26.6 Å². The second kappa shape index (κ2) is 3.10. The van der Waals surface area contributed by atoms with E-state index in [1.807, 2.05) is 0 Å². The van der Waals surface area contributed by atoms with E-state index in [0.717, 1.165) is 12.1 Å². The molecule has 0 fully saturated rings. The van der Waals surface area contributed by atoms with Crippen LogP contribution in [-0.2, 0) is 0 Å². The maximum Gasteiger partial charge on any atom is 0.511 e. The molecule has 1 aromatic rings. The van der Waals surface area contributed by atoms with Crippen molar-refractivity contribution in [3.63, 3.8) is 0 Å². The van der Waals surface area contributed by atoms with Gasteiger partial charge < -0.3 is 25.2 Å². The SMILES string of the molecule is O=C(O)Oc1c(O)ccc(O)c1O. The Labute approximate surface area is 72.2 Å². The van der Waals surface area contributed by atoms with Crippen molar-refractivity contribution in [1.82, 2.24) is 0 Å². The van der Waals surface area contributed by atoms with Gasteiger partial charge in [0.2, 0.25) is 11.5 Å². The molecule has 70 valence electrons. The molecule has 0 aliphatic heterocycles. The van der Waals surface area contributed by atoms with Gasteiger partial charge in [-0.15, -0.1) is 0 Å². The number of carbonyl (C=O) groups is 1. The first-order chi connectivity index (χ1) is 6.02. The highest BCUT2D eigenvalue weighted by molar-refractivity contribution is 5.67. The quantitative estimate of drug-likeness (QED) is 0.224. The number of phenolic OH excluding ortho intramolecular Hbond substituents is 3. The Bertz CT molecular complexity index is 345. The summed E-state index contributed by atoms with van der Waals surface area (Å²) in [6, 6.07) is 1.99. The van der Waals surface area contributed by atoms with Crippen LogP contribution < -0.4 is 4.74 Å². The lowest BCUT2D eigenvalue weighted by Gasteiger charge is -2.05. The zero-order valence-corrected chi connectivity index (χ0v) is 6.26. The van der Waals surface area contributed by atoms with Crippen LogP contribution in [0.3, 0.4) is 0 Å². The Kier molecular flexibility index (Phi) is 2.14. The van der Waals surface area contributed by atoms with E-state index >= 15 is 0 Å². The summed E-state index contributed by atoms with van der Waals surface area (Å²) in [7, 11) is 0. The maximum absolute atomic E-state index is 10.1. The Hall–Kier alpha value is -2.11. The second-order valence-electron chi connectivity index (χ2n) is 2.15. The van der Waals surface area contributed by atoms with Crippen molar-refractivity contribution in [2.75, 3.05) is 0 Å². The normalized spacial score (nSPS) is 9.54. The van der Waals surface area contributed by atoms with Crippen LogP contribution in [0.2, 0.25) is 0 Å². The molecule has 0 aromatic heterocycles. The molecule has 0 saturated carbocycles. The molecule has 1 rings (SSSR count). The van der Waals surface area contributed by atoms with Crippen LogP contribution >= 0.6 is 0 Å². The highest BCUT2D eigenvalue weighted by Crippen LogP contribution is 2.41. The number of benzene rings is 1. The lowest BCUT2D eigenvalue weighted by atomic mass is 10.3. The fourth-order valence-electron chi connectivity index (χ4n) is 0.738. The minimum atomic E-state index is -1.70. The van der Waals surface area contributed by atoms with Crippen molar-refractivity contribution in [3.8, 4) is 23.0 Å². The molecule has 0 aliphatic carbocycles. The minimum Gasteiger partial charge on any atom is -0.504 e. The van der Waals surface area contributed by atoms with Gasteiger partial charge in [0.25, 0.3) is 0 Å². The van der Waals surface area contributed by atoms with Crippen LogP contribution in [0.1, 0.15) is 0 Å². The third kappa shape index (κ3) is 1.73. The molecular weight excluding hydrogens is 180 g/mol. The summed E-state index contributed by atoms with van der Waals surface area (Å²) in [5.41, 5.74) is 0. The summed E-state index contributed by atoms with van der Waals surface area (Å²) in [5.74, 6) is -2.65. The molecule has 0 atom stereocenters. The van der Waals surface area contributed by atoms with Crippen LogP contribution in [0.25, 0.3) is 0 Å². The molecule has 0 radical (unpaired) electrons. The third-order valence-electron chi connectivity index (χ3n) is 1.28. The summed E-state index contributed by atoms with van der Waals surface area (Å²) in [6.45, 7) is 0. The van der Waals surface area contributed by atoms with E-state index < -0.39 is 29.2 Å². The summed E-state index contributed by atoms with van der Waals surface area (Å²) >= 11 is 0. The predicted molar refractivity (Wildman–Crippen MR) is 40.1 cm³/mol. The second-order valence-corrected chi connectivity index (χ2v) is 2.15. The molecule has 0 aliphatic rings. The highest BCUT2D eigenvalue weighted by atomic mass is 16.7. The third-order valence-corrected chi connectivity index (χ3v) is 1.28. The van der Waals surface area contributed by atoms with Gasteiger partial charge in [0.15, 0.2) is 11.5 Å². The van der Waals surface area contributed by atoms with E-state index in [1.165, 1.54) is 0 Å². The average molecular weight is 186 g/mol. The van der Waals surface area contributed by atoms with Gasteiger partial charge in [-0.1, -0.05) is 0 Å². The molecule has 0 bridgehead atoms. The topological polar surface area (TPSA) is 107 Å². The standard InChI is InChI=1S/C7H6O6/c8-3-1-2-4(9)6(5(3)10)13-7(11)12/h1-2,8-10H,(H,11,12). The maximum atomic E-state index is 10.1. The number of hydrogen-bond acceptors (Lipinski definition) is 5. The average Bonchev–Trinajstić information content (AvgIpc) is 2.05. The van der Waals surface area contributed by atoms with Gasteiger partial charge in [-0.2, -0.15) is 0 Å². The molecule has 0 heterocycles. The first-order valence-corrected chi connectivity index (χ1v) is 3.17. The van der Waals surface area contributed by atoms with Crippen molar-refractivity contribution in [2.24, 2.45) is 0 Å². The fraction of sp³-hybridized carbons (Fsp3) is 0. The van der Waals surface area contributed by atoms with Gasteiger partial charge in [0.05, 0.1) is 0 Å². The van der Waals surface area contributed by atoms with Gasteiger partial charge in [-0.25, -0.2) is 4.79 Å². The predicted octanol–water partition coefficient (Wildman–Crippen LogP) is 0.860. The van der Waals surface area contributed by atoms with E-state index in [-0.39, 0.29) is 0 Å². The van der Waals surface area contributed by atoms with Crippen LogP contribution in [0, 0.1) is 0 Å². The first-order valence-electron chi connectivity index (χ1n) is 3.17. The molecule has 0 amide bonds. The van der Waals surface area contributed by atoms with Gasteiger partial charge in [0, 0.05) is 0 Å². The van der Waals surface area contributed by atoms with E-state index in [4.69, 9.17) is 20.4 Å². The molecule has 4 N–H and O–H groups in total. The molecular formula is C7H6O6. The number of rotatable bonds is 1. The van der Waals surface area contributed by atoms with Gasteiger partial charge >= 0.3 is 6.16 Å². The van der Waals surface area contributed by atoms with Crippen molar-refractivity contribution < 1.29 is 30.0 Å². The van der Waals surface area contributed by atoms with Gasteiger partial charge in [-0.3, -0.25) is 0 Å². The van der Waals surface area contributed by atoms with Crippen LogP contribution in [0.15, 0.2) is 12.1 Å². The Morgan fingerprint density at radius 2 is 1.69 bits per heavy atom. The largest absolute Gasteiger partial charge is 0.511 e. The van der Waals surface area contributed by atoms with Crippen LogP contribution in [0.4, 0.5) is 4.79 Å².